The Kier molecular flexibility index (Phi) is 3.39. The van der Waals surface area contributed by atoms with Crippen molar-refractivity contribution >= 4 is 38.3 Å². The van der Waals surface area contributed by atoms with Crippen LogP contribution < -0.4 is 0 Å². The van der Waals surface area contributed by atoms with Gasteiger partial charge in [-0.15, -0.1) is 0 Å². The SMILES string of the molecule is CC1(C)N=C(c2cnc3ccccc3c2)c2cccc(Br)c2C1=O. The molecule has 3 aromatic rings. The fourth-order valence-electron chi connectivity index (χ4n) is 3.07. The molecule has 3 nitrogen and oxygen atoms in total. The zero-order valence-electron chi connectivity index (χ0n) is 13.4. The molecule has 4 rings (SSSR count). The van der Waals surface area contributed by atoms with Crippen LogP contribution in [-0.2, 0) is 0 Å². The van der Waals surface area contributed by atoms with Crippen LogP contribution in [0.25, 0.3) is 10.9 Å². The van der Waals surface area contributed by atoms with Crippen molar-refractivity contribution in [1.82, 2.24) is 4.98 Å². The van der Waals surface area contributed by atoms with Crippen LogP contribution in [-0.4, -0.2) is 22.0 Å². The van der Waals surface area contributed by atoms with E-state index in [1.54, 1.807) is 0 Å². The van der Waals surface area contributed by atoms with E-state index in [2.05, 4.69) is 27.0 Å². The number of hydrogen-bond acceptors (Lipinski definition) is 3. The summed E-state index contributed by atoms with van der Waals surface area (Å²) in [6.45, 7) is 3.71. The molecule has 0 spiro atoms. The lowest BCUT2D eigenvalue weighted by atomic mass is 9.84. The molecule has 2 aromatic carbocycles. The minimum atomic E-state index is -0.794. The van der Waals surface area contributed by atoms with Crippen LogP contribution in [0.4, 0.5) is 0 Å². The van der Waals surface area contributed by atoms with E-state index >= 15 is 0 Å². The van der Waals surface area contributed by atoms with Gasteiger partial charge in [0.05, 0.1) is 11.2 Å². The molecule has 1 aliphatic heterocycles. The van der Waals surface area contributed by atoms with Gasteiger partial charge in [-0.1, -0.05) is 46.3 Å². The van der Waals surface area contributed by atoms with Crippen molar-refractivity contribution in [3.63, 3.8) is 0 Å². The molecule has 0 radical (unpaired) electrons. The topological polar surface area (TPSA) is 42.3 Å². The van der Waals surface area contributed by atoms with Gasteiger partial charge in [0.15, 0.2) is 5.78 Å². The molecule has 0 saturated carbocycles. The maximum absolute atomic E-state index is 12.8. The maximum atomic E-state index is 12.8. The number of fused-ring (bicyclic) bond motifs is 2. The number of nitrogens with zero attached hydrogens (tertiary/aromatic N) is 2. The van der Waals surface area contributed by atoms with Crippen LogP contribution in [0.1, 0.15) is 35.3 Å². The van der Waals surface area contributed by atoms with E-state index in [-0.39, 0.29) is 5.78 Å². The summed E-state index contributed by atoms with van der Waals surface area (Å²) in [4.78, 5) is 22.1. The quantitative estimate of drug-likeness (QED) is 0.609. The molecule has 0 bridgehead atoms. The summed E-state index contributed by atoms with van der Waals surface area (Å²) in [5, 5.41) is 1.06. The molecule has 0 amide bonds. The van der Waals surface area contributed by atoms with Crippen molar-refractivity contribution in [2.75, 3.05) is 0 Å². The Balaban J connectivity index is 1.99. The summed E-state index contributed by atoms with van der Waals surface area (Å²) in [6, 6.07) is 15.8. The van der Waals surface area contributed by atoms with Crippen LogP contribution in [0.5, 0.6) is 0 Å². The molecule has 1 aromatic heterocycles. The largest absolute Gasteiger partial charge is 0.291 e. The number of halogens is 1. The molecule has 0 N–H and O–H groups in total. The van der Waals surface area contributed by atoms with Gasteiger partial charge in [0, 0.05) is 32.7 Å². The highest BCUT2D eigenvalue weighted by Crippen LogP contribution is 2.34. The molecule has 2 heterocycles. The summed E-state index contributed by atoms with van der Waals surface area (Å²) in [6.07, 6.45) is 1.83. The van der Waals surface area contributed by atoms with E-state index in [0.717, 1.165) is 32.2 Å². The molecule has 118 valence electrons. The molecule has 0 unspecified atom stereocenters. The first kappa shape index (κ1) is 15.2. The third-order valence-corrected chi connectivity index (χ3v) is 4.97. The van der Waals surface area contributed by atoms with Crippen molar-refractivity contribution in [2.45, 2.75) is 19.4 Å². The molecule has 24 heavy (non-hydrogen) atoms. The first-order valence-corrected chi connectivity index (χ1v) is 8.55. The number of carbonyl (C=O) groups excluding carboxylic acids is 1. The van der Waals surface area contributed by atoms with Gasteiger partial charge < -0.3 is 0 Å². The standard InChI is InChI=1S/C20H15BrN2O/c1-20(2)19(24)17-14(7-5-8-15(17)21)18(23-20)13-10-12-6-3-4-9-16(12)22-11-13/h3-11H,1-2H3. The van der Waals surface area contributed by atoms with E-state index in [0.29, 0.717) is 5.56 Å². The van der Waals surface area contributed by atoms with Gasteiger partial charge in [0.25, 0.3) is 0 Å². The average Bonchev–Trinajstić information content (AvgIpc) is 2.58. The predicted octanol–water partition coefficient (Wildman–Crippen LogP) is 4.81. The van der Waals surface area contributed by atoms with E-state index in [4.69, 9.17) is 4.99 Å². The summed E-state index contributed by atoms with van der Waals surface area (Å²) in [5.41, 5.74) is 3.44. The summed E-state index contributed by atoms with van der Waals surface area (Å²) in [7, 11) is 0. The van der Waals surface area contributed by atoms with E-state index in [1.807, 2.05) is 62.5 Å². The zero-order valence-corrected chi connectivity index (χ0v) is 15.0. The van der Waals surface area contributed by atoms with Crippen LogP contribution in [0.2, 0.25) is 0 Å². The summed E-state index contributed by atoms with van der Waals surface area (Å²) >= 11 is 3.52. The Bertz CT molecular complexity index is 1020. The second-order valence-electron chi connectivity index (χ2n) is 6.43. The van der Waals surface area contributed by atoms with Crippen LogP contribution in [0.3, 0.4) is 0 Å². The van der Waals surface area contributed by atoms with Gasteiger partial charge in [-0.3, -0.25) is 14.8 Å². The second kappa shape index (κ2) is 5.35. The van der Waals surface area contributed by atoms with Crippen LogP contribution >= 0.6 is 15.9 Å². The number of pyridine rings is 1. The van der Waals surface area contributed by atoms with Crippen molar-refractivity contribution < 1.29 is 4.79 Å². The minimum absolute atomic E-state index is 0.0301. The molecule has 1 aliphatic rings. The van der Waals surface area contributed by atoms with E-state index in [1.165, 1.54) is 0 Å². The highest BCUT2D eigenvalue weighted by Gasteiger charge is 2.37. The lowest BCUT2D eigenvalue weighted by Crippen LogP contribution is -2.37. The van der Waals surface area contributed by atoms with Gasteiger partial charge in [-0.05, 0) is 32.0 Å². The van der Waals surface area contributed by atoms with Gasteiger partial charge in [-0.2, -0.15) is 0 Å². The fourth-order valence-corrected chi connectivity index (χ4v) is 3.62. The molecule has 4 heteroatoms. The number of rotatable bonds is 1. The highest BCUT2D eigenvalue weighted by molar-refractivity contribution is 9.10. The first-order chi connectivity index (χ1) is 11.5. The number of hydrogen-bond donors (Lipinski definition) is 0. The van der Waals surface area contributed by atoms with Gasteiger partial charge in [0.2, 0.25) is 0 Å². The van der Waals surface area contributed by atoms with Crippen LogP contribution in [0, 0.1) is 0 Å². The lowest BCUT2D eigenvalue weighted by Gasteiger charge is -2.28. The maximum Gasteiger partial charge on any atom is 0.191 e. The van der Waals surface area contributed by atoms with Gasteiger partial charge >= 0.3 is 0 Å². The number of ketones is 1. The highest BCUT2D eigenvalue weighted by atomic mass is 79.9. The predicted molar refractivity (Wildman–Crippen MR) is 99.9 cm³/mol. The molecule has 0 aliphatic carbocycles. The Hall–Kier alpha value is -2.33. The zero-order chi connectivity index (χ0) is 16.9. The van der Waals surface area contributed by atoms with Crippen LogP contribution in [0.15, 0.2) is 64.2 Å². The number of aliphatic imine (C=N–C) groups is 1. The first-order valence-electron chi connectivity index (χ1n) is 7.76. The smallest absolute Gasteiger partial charge is 0.191 e. The van der Waals surface area contributed by atoms with Crippen molar-refractivity contribution in [3.05, 3.63) is 75.9 Å². The van der Waals surface area contributed by atoms with Crippen molar-refractivity contribution in [2.24, 2.45) is 4.99 Å². The lowest BCUT2D eigenvalue weighted by molar-refractivity contribution is 0.0911. The molecule has 0 fully saturated rings. The number of para-hydroxylation sites is 1. The number of benzene rings is 2. The number of carbonyl (C=O) groups is 1. The fraction of sp³-hybridized carbons (Fsp3) is 0.150. The summed E-state index contributed by atoms with van der Waals surface area (Å²) in [5.74, 6) is 0.0301. The number of Topliss-reactive ketones (excluding diaryl/α,β-unsaturated/α-hetero) is 1. The van der Waals surface area contributed by atoms with Crippen molar-refractivity contribution in [3.8, 4) is 0 Å². The van der Waals surface area contributed by atoms with Gasteiger partial charge in [-0.25, -0.2) is 0 Å². The number of aromatic nitrogens is 1. The Labute approximate surface area is 148 Å². The van der Waals surface area contributed by atoms with E-state index in [9.17, 15) is 4.79 Å². The molecule has 0 saturated heterocycles. The molecular weight excluding hydrogens is 364 g/mol. The Morgan fingerprint density at radius 2 is 1.83 bits per heavy atom. The molecular formula is C20H15BrN2O. The average molecular weight is 379 g/mol. The Morgan fingerprint density at radius 3 is 2.67 bits per heavy atom. The Morgan fingerprint density at radius 1 is 1.04 bits per heavy atom. The second-order valence-corrected chi connectivity index (χ2v) is 7.28. The summed E-state index contributed by atoms with van der Waals surface area (Å²) < 4.78 is 0.805. The monoisotopic (exact) mass is 378 g/mol. The normalized spacial score (nSPS) is 16.0. The van der Waals surface area contributed by atoms with Crippen molar-refractivity contribution in [1.29, 1.82) is 0 Å². The minimum Gasteiger partial charge on any atom is -0.291 e. The van der Waals surface area contributed by atoms with E-state index < -0.39 is 5.54 Å². The molecule has 0 atom stereocenters. The third kappa shape index (κ3) is 2.29. The van der Waals surface area contributed by atoms with Gasteiger partial charge in [0.1, 0.15) is 5.54 Å². The third-order valence-electron chi connectivity index (χ3n) is 4.31.